The van der Waals surface area contributed by atoms with E-state index in [9.17, 15) is 20.2 Å². The topological polar surface area (TPSA) is 105 Å². The van der Waals surface area contributed by atoms with E-state index >= 15 is 0 Å². The summed E-state index contributed by atoms with van der Waals surface area (Å²) in [6, 6.07) is 18.1. The molecule has 3 aromatic rings. The Labute approximate surface area is 212 Å². The molecule has 0 aliphatic carbocycles. The third-order valence-electron chi connectivity index (χ3n) is 4.84. The Morgan fingerprint density at radius 3 is 2.66 bits per heavy atom. The lowest BCUT2D eigenvalue weighted by molar-refractivity contribution is -0.384. The molecule has 0 fully saturated rings. The molecule has 0 aromatic heterocycles. The minimum atomic E-state index is -0.632. The number of nitrogens with zero attached hydrogens (tertiary/aromatic N) is 2. The van der Waals surface area contributed by atoms with Crippen molar-refractivity contribution in [1.82, 2.24) is 0 Å². The summed E-state index contributed by atoms with van der Waals surface area (Å²) in [6.07, 6.45) is 3.62. The molecule has 0 saturated heterocycles. The number of nitriles is 1. The van der Waals surface area contributed by atoms with Crippen LogP contribution in [0.2, 0.25) is 10.0 Å². The van der Waals surface area contributed by atoms with Gasteiger partial charge in [-0.05, 0) is 53.5 Å². The first kappa shape index (κ1) is 25.5. The summed E-state index contributed by atoms with van der Waals surface area (Å²) < 4.78 is 5.89. The van der Waals surface area contributed by atoms with E-state index in [1.807, 2.05) is 6.07 Å². The number of nitrogens with one attached hydrogen (secondary N) is 1. The van der Waals surface area contributed by atoms with Crippen molar-refractivity contribution < 1.29 is 14.5 Å². The van der Waals surface area contributed by atoms with E-state index in [0.29, 0.717) is 29.0 Å². The third-order valence-corrected chi connectivity index (χ3v) is 5.66. The van der Waals surface area contributed by atoms with Gasteiger partial charge in [-0.1, -0.05) is 53.5 Å². The fourth-order valence-electron chi connectivity index (χ4n) is 3.17. The number of non-ortho nitro benzene ring substituents is 1. The first-order valence-electron chi connectivity index (χ1n) is 10.3. The van der Waals surface area contributed by atoms with Crippen molar-refractivity contribution >= 4 is 46.6 Å². The highest BCUT2D eigenvalue weighted by molar-refractivity contribution is 6.44. The number of hydrogen-bond donors (Lipinski definition) is 1. The summed E-state index contributed by atoms with van der Waals surface area (Å²) in [7, 11) is 0. The van der Waals surface area contributed by atoms with E-state index in [2.05, 4.69) is 11.9 Å². The van der Waals surface area contributed by atoms with Crippen LogP contribution >= 0.6 is 23.2 Å². The molecule has 0 heterocycles. The van der Waals surface area contributed by atoms with Gasteiger partial charge < -0.3 is 10.1 Å². The lowest BCUT2D eigenvalue weighted by atomic mass is 10.0. The number of amides is 1. The highest BCUT2D eigenvalue weighted by Crippen LogP contribution is 2.30. The molecule has 7 nitrogen and oxygen atoms in total. The SMILES string of the molecule is C=CCc1cc(/C=C(/C#N)C(=O)Nc2cccc(Cl)c2Cl)ccc1OCc1cccc([N+](=O)[O-])c1. The molecule has 0 radical (unpaired) electrons. The minimum Gasteiger partial charge on any atom is -0.489 e. The van der Waals surface area contributed by atoms with E-state index in [4.69, 9.17) is 27.9 Å². The normalized spacial score (nSPS) is 10.8. The lowest BCUT2D eigenvalue weighted by Gasteiger charge is -2.12. The Balaban J connectivity index is 1.81. The average molecular weight is 508 g/mol. The quantitative estimate of drug-likeness (QED) is 0.113. The van der Waals surface area contributed by atoms with Crippen LogP contribution in [0.5, 0.6) is 5.75 Å². The summed E-state index contributed by atoms with van der Waals surface area (Å²) in [5.74, 6) is -0.0739. The third kappa shape index (κ3) is 6.70. The largest absolute Gasteiger partial charge is 0.489 e. The monoisotopic (exact) mass is 507 g/mol. The van der Waals surface area contributed by atoms with Gasteiger partial charge in [0, 0.05) is 12.1 Å². The van der Waals surface area contributed by atoms with Crippen LogP contribution in [0.15, 0.2) is 78.9 Å². The predicted molar refractivity (Wildman–Crippen MR) is 136 cm³/mol. The number of carbonyl (C=O) groups is 1. The Bertz CT molecular complexity index is 1360. The molecular weight excluding hydrogens is 489 g/mol. The second-order valence-electron chi connectivity index (χ2n) is 7.30. The Hall–Kier alpha value is -4.12. The first-order chi connectivity index (χ1) is 16.8. The van der Waals surface area contributed by atoms with Crippen LogP contribution in [0.4, 0.5) is 11.4 Å². The van der Waals surface area contributed by atoms with Crippen LogP contribution in [-0.2, 0) is 17.8 Å². The van der Waals surface area contributed by atoms with Gasteiger partial charge in [0.15, 0.2) is 0 Å². The molecule has 1 N–H and O–H groups in total. The number of nitro groups is 1. The summed E-state index contributed by atoms with van der Waals surface area (Å²) in [6.45, 7) is 3.89. The maximum Gasteiger partial charge on any atom is 0.269 e. The molecule has 0 aliphatic heterocycles. The molecule has 0 bridgehead atoms. The molecule has 0 unspecified atom stereocenters. The summed E-state index contributed by atoms with van der Waals surface area (Å²) in [5, 5.41) is 23.6. The van der Waals surface area contributed by atoms with E-state index in [1.54, 1.807) is 54.6 Å². The van der Waals surface area contributed by atoms with Crippen molar-refractivity contribution in [3.63, 3.8) is 0 Å². The summed E-state index contributed by atoms with van der Waals surface area (Å²) in [4.78, 5) is 23.2. The molecule has 0 saturated carbocycles. The molecule has 0 spiro atoms. The molecule has 9 heteroatoms. The van der Waals surface area contributed by atoms with E-state index in [-0.39, 0.29) is 27.9 Å². The standard InChI is InChI=1S/C26H19Cl2N3O4/c1-2-5-19-12-17(10-11-24(19)35-16-18-6-3-7-21(14-18)31(33)34)13-20(15-29)26(32)30-23-9-4-8-22(27)25(23)28/h2-4,6-14H,1,5,16H2,(H,30,32)/b20-13-. The zero-order chi connectivity index (χ0) is 25.4. The van der Waals surface area contributed by atoms with Crippen molar-refractivity contribution in [3.8, 4) is 11.8 Å². The van der Waals surface area contributed by atoms with E-state index < -0.39 is 10.8 Å². The zero-order valence-electron chi connectivity index (χ0n) is 18.3. The van der Waals surface area contributed by atoms with Crippen LogP contribution in [0.25, 0.3) is 6.08 Å². The number of hydrogen-bond acceptors (Lipinski definition) is 5. The van der Waals surface area contributed by atoms with E-state index in [1.165, 1.54) is 18.2 Å². The van der Waals surface area contributed by atoms with Crippen molar-refractivity contribution in [1.29, 1.82) is 5.26 Å². The van der Waals surface area contributed by atoms with Gasteiger partial charge in [-0.3, -0.25) is 14.9 Å². The number of ether oxygens (including phenoxy) is 1. The smallest absolute Gasteiger partial charge is 0.269 e. The van der Waals surface area contributed by atoms with Crippen LogP contribution < -0.4 is 10.1 Å². The van der Waals surface area contributed by atoms with Gasteiger partial charge >= 0.3 is 0 Å². The molecule has 0 aliphatic rings. The molecule has 3 rings (SSSR count). The molecule has 3 aromatic carbocycles. The minimum absolute atomic E-state index is 0.0146. The molecule has 35 heavy (non-hydrogen) atoms. The maximum atomic E-state index is 12.6. The Morgan fingerprint density at radius 1 is 1.17 bits per heavy atom. The van der Waals surface area contributed by atoms with Crippen molar-refractivity contribution in [3.05, 3.63) is 116 Å². The molecule has 176 valence electrons. The number of benzene rings is 3. The van der Waals surface area contributed by atoms with Crippen LogP contribution in [0.3, 0.4) is 0 Å². The average Bonchev–Trinajstić information content (AvgIpc) is 2.85. The second-order valence-corrected chi connectivity index (χ2v) is 8.09. The van der Waals surface area contributed by atoms with Crippen LogP contribution in [0.1, 0.15) is 16.7 Å². The maximum absolute atomic E-state index is 12.6. The Morgan fingerprint density at radius 2 is 1.94 bits per heavy atom. The van der Waals surface area contributed by atoms with Gasteiger partial charge in [0.05, 0.1) is 20.7 Å². The number of allylic oxidation sites excluding steroid dienone is 1. The number of halogens is 2. The molecule has 0 atom stereocenters. The summed E-state index contributed by atoms with van der Waals surface area (Å²) >= 11 is 12.1. The number of anilines is 1. The number of carbonyl (C=O) groups excluding carboxylic acids is 1. The fourth-order valence-corrected chi connectivity index (χ4v) is 3.52. The fraction of sp³-hybridized carbons (Fsp3) is 0.0769. The summed E-state index contributed by atoms with van der Waals surface area (Å²) in [5.41, 5.74) is 2.18. The Kier molecular flexibility index (Phi) is 8.63. The van der Waals surface area contributed by atoms with Crippen molar-refractivity contribution in [2.75, 3.05) is 5.32 Å². The van der Waals surface area contributed by atoms with Gasteiger partial charge in [0.25, 0.3) is 11.6 Å². The van der Waals surface area contributed by atoms with Gasteiger partial charge in [-0.2, -0.15) is 5.26 Å². The number of nitro benzene ring substituents is 1. The van der Waals surface area contributed by atoms with E-state index in [0.717, 1.165) is 5.56 Å². The van der Waals surface area contributed by atoms with Gasteiger partial charge in [0.1, 0.15) is 24.0 Å². The van der Waals surface area contributed by atoms with Gasteiger partial charge in [0.2, 0.25) is 0 Å². The van der Waals surface area contributed by atoms with Crippen molar-refractivity contribution in [2.24, 2.45) is 0 Å². The number of rotatable bonds is 9. The highest BCUT2D eigenvalue weighted by Gasteiger charge is 2.14. The van der Waals surface area contributed by atoms with Crippen molar-refractivity contribution in [2.45, 2.75) is 13.0 Å². The molecular formula is C26H19Cl2N3O4. The molecule has 1 amide bonds. The predicted octanol–water partition coefficient (Wildman–Crippen LogP) is 6.75. The lowest BCUT2D eigenvalue weighted by Crippen LogP contribution is -2.13. The highest BCUT2D eigenvalue weighted by atomic mass is 35.5. The zero-order valence-corrected chi connectivity index (χ0v) is 19.8. The second kappa shape index (κ2) is 11.8. The van der Waals surface area contributed by atoms with Crippen LogP contribution in [-0.4, -0.2) is 10.8 Å². The van der Waals surface area contributed by atoms with Gasteiger partial charge in [-0.25, -0.2) is 0 Å². The first-order valence-corrected chi connectivity index (χ1v) is 11.0. The van der Waals surface area contributed by atoms with Crippen LogP contribution in [0, 0.1) is 21.4 Å². The van der Waals surface area contributed by atoms with Gasteiger partial charge in [-0.15, -0.1) is 6.58 Å².